The summed E-state index contributed by atoms with van der Waals surface area (Å²) < 4.78 is 6.47. The highest BCUT2D eigenvalue weighted by Crippen LogP contribution is 2.39. The van der Waals surface area contributed by atoms with E-state index in [1.54, 1.807) is 5.57 Å². The quantitative estimate of drug-likeness (QED) is 0.310. The molecule has 118 valence electrons. The lowest BCUT2D eigenvalue weighted by Gasteiger charge is -2.37. The molecule has 1 aliphatic rings. The van der Waals surface area contributed by atoms with E-state index in [4.69, 9.17) is 4.43 Å². The van der Waals surface area contributed by atoms with Crippen LogP contribution in [0.15, 0.2) is 11.6 Å². The van der Waals surface area contributed by atoms with E-state index in [-0.39, 0.29) is 0 Å². The highest BCUT2D eigenvalue weighted by molar-refractivity contribution is 6.74. The van der Waals surface area contributed by atoms with E-state index in [1.165, 1.54) is 32.1 Å². The van der Waals surface area contributed by atoms with E-state index < -0.39 is 8.32 Å². The SMILES string of the molecule is CCCCCC1C=C(C)CC1CO[Si](C)(C)C(C)(C)C. The van der Waals surface area contributed by atoms with Gasteiger partial charge in [-0.15, -0.1) is 0 Å². The first-order chi connectivity index (χ1) is 9.17. The largest absolute Gasteiger partial charge is 0.417 e. The van der Waals surface area contributed by atoms with Crippen LogP contribution >= 0.6 is 0 Å². The van der Waals surface area contributed by atoms with E-state index in [0.29, 0.717) is 5.04 Å². The topological polar surface area (TPSA) is 9.23 Å². The lowest BCUT2D eigenvalue weighted by Crippen LogP contribution is -2.42. The Morgan fingerprint density at radius 3 is 2.45 bits per heavy atom. The van der Waals surface area contributed by atoms with Crippen LogP contribution in [0.5, 0.6) is 0 Å². The molecule has 0 saturated heterocycles. The third kappa shape index (κ3) is 5.03. The summed E-state index contributed by atoms with van der Waals surface area (Å²) >= 11 is 0. The van der Waals surface area contributed by atoms with E-state index in [9.17, 15) is 0 Å². The second kappa shape index (κ2) is 7.26. The summed E-state index contributed by atoms with van der Waals surface area (Å²) in [4.78, 5) is 0. The van der Waals surface area contributed by atoms with E-state index >= 15 is 0 Å². The molecule has 1 rings (SSSR count). The number of rotatable bonds is 7. The summed E-state index contributed by atoms with van der Waals surface area (Å²) in [6.45, 7) is 17.3. The van der Waals surface area contributed by atoms with Gasteiger partial charge in [-0.3, -0.25) is 0 Å². The molecule has 0 bridgehead atoms. The smallest absolute Gasteiger partial charge is 0.191 e. The normalized spacial score (nSPS) is 24.1. The van der Waals surface area contributed by atoms with E-state index in [2.05, 4.69) is 53.8 Å². The zero-order valence-corrected chi connectivity index (χ0v) is 15.9. The number of allylic oxidation sites excluding steroid dienone is 2. The standard InChI is InChI=1S/C18H36OSi/c1-8-9-10-11-16-12-15(2)13-17(16)14-19-20(6,7)18(3,4)5/h12,16-17H,8-11,13-14H2,1-7H3. The van der Waals surface area contributed by atoms with E-state index in [0.717, 1.165) is 18.4 Å². The second-order valence-corrected chi connectivity index (χ2v) is 13.0. The van der Waals surface area contributed by atoms with Crippen molar-refractivity contribution in [2.24, 2.45) is 11.8 Å². The van der Waals surface area contributed by atoms with Crippen LogP contribution in [0.2, 0.25) is 18.1 Å². The fraction of sp³-hybridized carbons (Fsp3) is 0.889. The molecule has 0 saturated carbocycles. The van der Waals surface area contributed by atoms with Gasteiger partial charge in [-0.2, -0.15) is 0 Å². The first-order valence-electron chi connectivity index (χ1n) is 8.48. The van der Waals surface area contributed by atoms with Crippen molar-refractivity contribution in [1.29, 1.82) is 0 Å². The zero-order chi connectivity index (χ0) is 15.4. The molecule has 0 aromatic carbocycles. The summed E-state index contributed by atoms with van der Waals surface area (Å²) in [6, 6.07) is 0. The molecule has 1 nitrogen and oxygen atoms in total. The third-order valence-corrected chi connectivity index (χ3v) is 9.79. The molecule has 20 heavy (non-hydrogen) atoms. The molecule has 0 aromatic heterocycles. The maximum atomic E-state index is 6.47. The van der Waals surface area contributed by atoms with Crippen LogP contribution in [0.1, 0.15) is 66.7 Å². The molecular weight excluding hydrogens is 260 g/mol. The average molecular weight is 297 g/mol. The molecule has 2 unspecified atom stereocenters. The minimum atomic E-state index is -1.59. The lowest BCUT2D eigenvalue weighted by molar-refractivity contribution is 0.199. The Morgan fingerprint density at radius 2 is 1.90 bits per heavy atom. The Bertz CT molecular complexity index is 325. The van der Waals surface area contributed by atoms with Crippen molar-refractivity contribution in [3.05, 3.63) is 11.6 Å². The van der Waals surface area contributed by atoms with Crippen LogP contribution in [0, 0.1) is 11.8 Å². The maximum absolute atomic E-state index is 6.47. The van der Waals surface area contributed by atoms with Crippen molar-refractivity contribution in [3.8, 4) is 0 Å². The van der Waals surface area contributed by atoms with Gasteiger partial charge in [0.1, 0.15) is 0 Å². The van der Waals surface area contributed by atoms with Gasteiger partial charge in [0.05, 0.1) is 0 Å². The Morgan fingerprint density at radius 1 is 1.25 bits per heavy atom. The predicted octanol–water partition coefficient (Wildman–Crippen LogP) is 6.17. The number of hydrogen-bond acceptors (Lipinski definition) is 1. The van der Waals surface area contributed by atoms with Crippen molar-refractivity contribution in [1.82, 2.24) is 0 Å². The van der Waals surface area contributed by atoms with Crippen molar-refractivity contribution in [2.75, 3.05) is 6.61 Å². The molecule has 0 heterocycles. The van der Waals surface area contributed by atoms with Crippen molar-refractivity contribution in [3.63, 3.8) is 0 Å². The zero-order valence-electron chi connectivity index (χ0n) is 14.9. The van der Waals surface area contributed by atoms with E-state index in [1.807, 2.05) is 0 Å². The molecule has 1 aliphatic carbocycles. The first-order valence-corrected chi connectivity index (χ1v) is 11.4. The van der Waals surface area contributed by atoms with Crippen LogP contribution in [0.4, 0.5) is 0 Å². The monoisotopic (exact) mass is 296 g/mol. The molecule has 0 radical (unpaired) electrons. The third-order valence-electron chi connectivity index (χ3n) is 5.29. The summed E-state index contributed by atoms with van der Waals surface area (Å²) in [5.74, 6) is 1.51. The van der Waals surface area contributed by atoms with Crippen LogP contribution in [-0.2, 0) is 4.43 Å². The first kappa shape index (κ1) is 18.0. The van der Waals surface area contributed by atoms with Crippen LogP contribution in [0.25, 0.3) is 0 Å². The Kier molecular flexibility index (Phi) is 6.52. The fourth-order valence-electron chi connectivity index (χ4n) is 2.80. The van der Waals surface area contributed by atoms with Gasteiger partial charge >= 0.3 is 0 Å². The van der Waals surface area contributed by atoms with Crippen LogP contribution < -0.4 is 0 Å². The molecule has 0 spiro atoms. The van der Waals surface area contributed by atoms with Gasteiger partial charge in [-0.05, 0) is 49.7 Å². The average Bonchev–Trinajstić information content (AvgIpc) is 2.66. The summed E-state index contributed by atoms with van der Waals surface area (Å²) in [5, 5.41) is 0.325. The highest BCUT2D eigenvalue weighted by atomic mass is 28.4. The minimum absolute atomic E-state index is 0.325. The fourth-order valence-corrected chi connectivity index (χ4v) is 3.86. The predicted molar refractivity (Wildman–Crippen MR) is 92.6 cm³/mol. The van der Waals surface area contributed by atoms with Crippen molar-refractivity contribution in [2.45, 2.75) is 84.9 Å². The molecule has 0 aliphatic heterocycles. The van der Waals surface area contributed by atoms with Gasteiger partial charge in [0.15, 0.2) is 8.32 Å². The highest BCUT2D eigenvalue weighted by Gasteiger charge is 2.38. The molecule has 2 heteroatoms. The molecular formula is C18H36OSi. The second-order valence-electron chi connectivity index (χ2n) is 8.21. The van der Waals surface area contributed by atoms with Crippen molar-refractivity contribution < 1.29 is 4.43 Å². The lowest BCUT2D eigenvalue weighted by atomic mass is 9.91. The Labute approximate surface area is 128 Å². The molecule has 0 N–H and O–H groups in total. The summed E-state index contributed by atoms with van der Waals surface area (Å²) in [5.41, 5.74) is 1.58. The Balaban J connectivity index is 2.50. The van der Waals surface area contributed by atoms with Crippen molar-refractivity contribution >= 4 is 8.32 Å². The van der Waals surface area contributed by atoms with Gasteiger partial charge in [0.2, 0.25) is 0 Å². The van der Waals surface area contributed by atoms with Crippen LogP contribution in [-0.4, -0.2) is 14.9 Å². The van der Waals surface area contributed by atoms with Gasteiger partial charge in [0.25, 0.3) is 0 Å². The molecule has 0 fully saturated rings. The molecule has 0 amide bonds. The minimum Gasteiger partial charge on any atom is -0.417 e. The summed E-state index contributed by atoms with van der Waals surface area (Å²) in [7, 11) is -1.59. The Hall–Kier alpha value is -0.0831. The van der Waals surface area contributed by atoms with Gasteiger partial charge in [0, 0.05) is 6.61 Å². The van der Waals surface area contributed by atoms with Gasteiger partial charge in [-0.1, -0.05) is 58.6 Å². The molecule has 2 atom stereocenters. The number of hydrogen-bond donors (Lipinski definition) is 0. The number of unbranched alkanes of at least 4 members (excludes halogenated alkanes) is 2. The summed E-state index contributed by atoms with van der Waals surface area (Å²) in [6.07, 6.45) is 9.21. The van der Waals surface area contributed by atoms with Gasteiger partial charge in [-0.25, -0.2) is 0 Å². The molecule has 0 aromatic rings. The maximum Gasteiger partial charge on any atom is 0.191 e. The van der Waals surface area contributed by atoms with Gasteiger partial charge < -0.3 is 4.43 Å². The van der Waals surface area contributed by atoms with Crippen LogP contribution in [0.3, 0.4) is 0 Å².